The summed E-state index contributed by atoms with van der Waals surface area (Å²) in [5, 5.41) is 0. The van der Waals surface area contributed by atoms with Crippen LogP contribution in [-0.2, 0) is 0 Å². The van der Waals surface area contributed by atoms with Crippen LogP contribution in [0.25, 0.3) is 0 Å². The highest BCUT2D eigenvalue weighted by Gasteiger charge is 2.37. The van der Waals surface area contributed by atoms with Crippen molar-refractivity contribution in [3.63, 3.8) is 0 Å². The van der Waals surface area contributed by atoms with Gasteiger partial charge in [-0.15, -0.1) is 0 Å². The molecule has 1 atom stereocenters. The van der Waals surface area contributed by atoms with Crippen LogP contribution in [0.1, 0.15) is 58.1 Å². The van der Waals surface area contributed by atoms with Gasteiger partial charge in [-0.1, -0.05) is 19.8 Å². The van der Waals surface area contributed by atoms with Crippen molar-refractivity contribution in [1.82, 2.24) is 10.4 Å². The molecule has 1 aliphatic carbocycles. The van der Waals surface area contributed by atoms with Crippen LogP contribution in [0.5, 0.6) is 5.75 Å². The molecule has 0 bridgehead atoms. The molecule has 1 saturated carbocycles. The van der Waals surface area contributed by atoms with Crippen LogP contribution < -0.4 is 16.0 Å². The first-order valence-electron chi connectivity index (χ1n) is 7.13. The van der Waals surface area contributed by atoms with E-state index < -0.39 is 0 Å². The zero-order valence-corrected chi connectivity index (χ0v) is 12.1. The first-order valence-corrected chi connectivity index (χ1v) is 7.13. The second-order valence-corrected chi connectivity index (χ2v) is 6.08. The van der Waals surface area contributed by atoms with Gasteiger partial charge in [0, 0.05) is 6.20 Å². The maximum absolute atomic E-state index is 5.80. The van der Waals surface area contributed by atoms with E-state index in [0.717, 1.165) is 11.3 Å². The summed E-state index contributed by atoms with van der Waals surface area (Å²) in [6, 6.07) is 2.19. The lowest BCUT2D eigenvalue weighted by Gasteiger charge is -2.33. The molecule has 0 aromatic carbocycles. The molecular formula is C15H25N3O. The number of hydrazine groups is 1. The monoisotopic (exact) mass is 263 g/mol. The quantitative estimate of drug-likeness (QED) is 0.633. The molecule has 0 saturated heterocycles. The van der Waals surface area contributed by atoms with Crippen molar-refractivity contribution in [3.8, 4) is 5.75 Å². The first kappa shape index (κ1) is 14.3. The topological polar surface area (TPSA) is 60.2 Å². The average molecular weight is 263 g/mol. The minimum atomic E-state index is 0.137. The number of ether oxygens (including phenoxy) is 1. The van der Waals surface area contributed by atoms with Crippen molar-refractivity contribution in [2.75, 3.05) is 0 Å². The highest BCUT2D eigenvalue weighted by atomic mass is 16.5. The van der Waals surface area contributed by atoms with Gasteiger partial charge in [-0.3, -0.25) is 16.3 Å². The van der Waals surface area contributed by atoms with Crippen LogP contribution in [0.2, 0.25) is 0 Å². The normalized spacial score (nSPS) is 19.6. The van der Waals surface area contributed by atoms with Gasteiger partial charge in [0.05, 0.1) is 18.3 Å². The van der Waals surface area contributed by atoms with Crippen molar-refractivity contribution in [1.29, 1.82) is 0 Å². The molecule has 1 heterocycles. The van der Waals surface area contributed by atoms with Crippen molar-refractivity contribution in [2.24, 2.45) is 11.3 Å². The molecule has 0 spiro atoms. The van der Waals surface area contributed by atoms with E-state index in [4.69, 9.17) is 10.6 Å². The number of aromatic nitrogens is 1. The number of rotatable bonds is 5. The molecule has 106 valence electrons. The number of nitrogens with two attached hydrogens (primary N) is 1. The Balaban J connectivity index is 2.23. The standard InChI is InChI=1S/C15H25N3O/c1-11(2)19-13-8-12(9-17-10-13)14(18-16)15(3)6-4-5-7-15/h8-11,14,18H,4-7,16H2,1-3H3. The van der Waals surface area contributed by atoms with Gasteiger partial charge in [-0.05, 0) is 43.7 Å². The van der Waals surface area contributed by atoms with Gasteiger partial charge in [-0.2, -0.15) is 0 Å². The Morgan fingerprint density at radius 2 is 2.00 bits per heavy atom. The minimum absolute atomic E-state index is 0.137. The summed E-state index contributed by atoms with van der Waals surface area (Å²) in [5.74, 6) is 6.62. The molecule has 0 aliphatic heterocycles. The molecule has 1 aromatic rings. The molecule has 1 unspecified atom stereocenters. The number of hydrogen-bond acceptors (Lipinski definition) is 4. The number of nitrogens with one attached hydrogen (secondary N) is 1. The van der Waals surface area contributed by atoms with Crippen LogP contribution in [0.4, 0.5) is 0 Å². The fourth-order valence-electron chi connectivity index (χ4n) is 3.10. The highest BCUT2D eigenvalue weighted by molar-refractivity contribution is 5.27. The molecule has 4 heteroatoms. The Morgan fingerprint density at radius 1 is 1.32 bits per heavy atom. The van der Waals surface area contributed by atoms with Crippen molar-refractivity contribution in [3.05, 3.63) is 24.0 Å². The summed E-state index contributed by atoms with van der Waals surface area (Å²) in [6.07, 6.45) is 8.78. The van der Waals surface area contributed by atoms with E-state index >= 15 is 0 Å². The number of pyridine rings is 1. The molecule has 1 aromatic heterocycles. The Morgan fingerprint density at radius 3 is 2.58 bits per heavy atom. The van der Waals surface area contributed by atoms with Gasteiger partial charge in [0.25, 0.3) is 0 Å². The Bertz CT molecular complexity index is 414. The lowest BCUT2D eigenvalue weighted by molar-refractivity contribution is 0.220. The molecule has 1 aliphatic rings. The van der Waals surface area contributed by atoms with Gasteiger partial charge in [0.15, 0.2) is 0 Å². The molecular weight excluding hydrogens is 238 g/mol. The van der Waals surface area contributed by atoms with Gasteiger partial charge in [0.2, 0.25) is 0 Å². The largest absolute Gasteiger partial charge is 0.489 e. The van der Waals surface area contributed by atoms with E-state index in [2.05, 4.69) is 23.4 Å². The van der Waals surface area contributed by atoms with E-state index in [9.17, 15) is 0 Å². The molecule has 2 rings (SSSR count). The predicted octanol–water partition coefficient (Wildman–Crippen LogP) is 2.95. The Hall–Kier alpha value is -1.13. The maximum Gasteiger partial charge on any atom is 0.138 e. The maximum atomic E-state index is 5.80. The van der Waals surface area contributed by atoms with Crippen molar-refractivity contribution < 1.29 is 4.74 Å². The molecule has 3 N–H and O–H groups in total. The van der Waals surface area contributed by atoms with Gasteiger partial charge >= 0.3 is 0 Å². The molecule has 19 heavy (non-hydrogen) atoms. The van der Waals surface area contributed by atoms with Gasteiger partial charge in [-0.25, -0.2) is 0 Å². The Kier molecular flexibility index (Phi) is 4.42. The van der Waals surface area contributed by atoms with Crippen LogP contribution in [0.15, 0.2) is 18.5 Å². The van der Waals surface area contributed by atoms with Gasteiger partial charge in [0.1, 0.15) is 5.75 Å². The average Bonchev–Trinajstić information content (AvgIpc) is 2.77. The molecule has 0 radical (unpaired) electrons. The van der Waals surface area contributed by atoms with E-state index in [0.29, 0.717) is 0 Å². The van der Waals surface area contributed by atoms with Crippen LogP contribution in [-0.4, -0.2) is 11.1 Å². The zero-order valence-electron chi connectivity index (χ0n) is 12.1. The summed E-state index contributed by atoms with van der Waals surface area (Å²) >= 11 is 0. The van der Waals surface area contributed by atoms with Gasteiger partial charge < -0.3 is 4.74 Å². The fraction of sp³-hybridized carbons (Fsp3) is 0.667. The summed E-state index contributed by atoms with van der Waals surface area (Å²) < 4.78 is 5.71. The van der Waals surface area contributed by atoms with E-state index in [-0.39, 0.29) is 17.6 Å². The van der Waals surface area contributed by atoms with Crippen molar-refractivity contribution in [2.45, 2.75) is 58.6 Å². The summed E-state index contributed by atoms with van der Waals surface area (Å²) in [5.41, 5.74) is 4.32. The third-order valence-electron chi connectivity index (χ3n) is 4.05. The highest BCUT2D eigenvalue weighted by Crippen LogP contribution is 2.47. The summed E-state index contributed by atoms with van der Waals surface area (Å²) in [6.45, 7) is 6.34. The fourth-order valence-corrected chi connectivity index (χ4v) is 3.10. The SMILES string of the molecule is CC(C)Oc1cncc(C(NN)C2(C)CCCC2)c1. The predicted molar refractivity (Wildman–Crippen MR) is 76.6 cm³/mol. The molecule has 4 nitrogen and oxygen atoms in total. The Labute approximate surface area is 115 Å². The smallest absolute Gasteiger partial charge is 0.138 e. The zero-order chi connectivity index (χ0) is 13.9. The third-order valence-corrected chi connectivity index (χ3v) is 4.05. The molecule has 1 fully saturated rings. The summed E-state index contributed by atoms with van der Waals surface area (Å²) in [7, 11) is 0. The van der Waals surface area contributed by atoms with E-state index in [1.165, 1.54) is 25.7 Å². The van der Waals surface area contributed by atoms with Crippen molar-refractivity contribution >= 4 is 0 Å². The lowest BCUT2D eigenvalue weighted by atomic mass is 9.78. The second-order valence-electron chi connectivity index (χ2n) is 6.08. The second kappa shape index (κ2) is 5.88. The van der Waals surface area contributed by atoms with Crippen LogP contribution in [0, 0.1) is 5.41 Å². The minimum Gasteiger partial charge on any atom is -0.489 e. The third kappa shape index (κ3) is 3.25. The summed E-state index contributed by atoms with van der Waals surface area (Å²) in [4.78, 5) is 4.29. The van der Waals surface area contributed by atoms with E-state index in [1.54, 1.807) is 6.20 Å². The van der Waals surface area contributed by atoms with E-state index in [1.807, 2.05) is 20.0 Å². The van der Waals surface area contributed by atoms with Crippen LogP contribution in [0.3, 0.4) is 0 Å². The van der Waals surface area contributed by atoms with Crippen LogP contribution >= 0.6 is 0 Å². The number of hydrogen-bond donors (Lipinski definition) is 2. The molecule has 0 amide bonds. The lowest BCUT2D eigenvalue weighted by Crippen LogP contribution is -2.38. The first-order chi connectivity index (χ1) is 9.05. The number of nitrogens with zero attached hydrogens (tertiary/aromatic N) is 1.